The van der Waals surface area contributed by atoms with E-state index in [2.05, 4.69) is 26.6 Å². The lowest BCUT2D eigenvalue weighted by molar-refractivity contribution is -0.133. The van der Waals surface area contributed by atoms with Crippen LogP contribution in [0.2, 0.25) is 10.0 Å². The highest BCUT2D eigenvalue weighted by molar-refractivity contribution is 6.31. The lowest BCUT2D eigenvalue weighted by atomic mass is 9.99. The Hall–Kier alpha value is -6.16. The number of nitrogens with two attached hydrogens (primary N) is 4. The predicted octanol–water partition coefficient (Wildman–Crippen LogP) is 2.91. The summed E-state index contributed by atoms with van der Waals surface area (Å²) >= 11 is 12.1. The second-order valence-corrected chi connectivity index (χ2v) is 14.8. The molecule has 0 radical (unpaired) electrons. The summed E-state index contributed by atoms with van der Waals surface area (Å²) in [5.41, 5.74) is 28.1. The Bertz CT molecular complexity index is 2050. The van der Waals surface area contributed by atoms with Gasteiger partial charge in [-0.1, -0.05) is 96.0 Å². The van der Waals surface area contributed by atoms with Crippen LogP contribution in [-0.4, -0.2) is 72.8 Å². The molecule has 0 heterocycles. The fourth-order valence-corrected chi connectivity index (χ4v) is 6.43. The number of hydrogen-bond donors (Lipinski definition) is 11. The lowest BCUT2D eigenvalue weighted by Gasteiger charge is -2.26. The second-order valence-electron chi connectivity index (χ2n) is 14.0. The monoisotopic (exact) mass is 843 g/mol. The summed E-state index contributed by atoms with van der Waals surface area (Å²) in [6, 6.07) is 25.3. The van der Waals surface area contributed by atoms with Crippen molar-refractivity contribution in [1.29, 1.82) is 10.8 Å². The van der Waals surface area contributed by atoms with Crippen LogP contribution in [0.4, 0.5) is 0 Å². The van der Waals surface area contributed by atoms with Gasteiger partial charge in [0.1, 0.15) is 18.1 Å². The molecule has 0 fully saturated rings. The van der Waals surface area contributed by atoms with Gasteiger partial charge in [0.15, 0.2) is 11.9 Å². The summed E-state index contributed by atoms with van der Waals surface area (Å²) in [4.78, 5) is 53.9. The van der Waals surface area contributed by atoms with E-state index in [9.17, 15) is 19.2 Å². The van der Waals surface area contributed by atoms with Crippen molar-refractivity contribution in [2.45, 2.75) is 62.7 Å². The van der Waals surface area contributed by atoms with E-state index in [-0.39, 0.29) is 50.7 Å². The number of amides is 4. The van der Waals surface area contributed by atoms with E-state index in [0.29, 0.717) is 28.5 Å². The maximum Gasteiger partial charge on any atom is 0.243 e. The van der Waals surface area contributed by atoms with Gasteiger partial charge in [-0.3, -0.25) is 30.0 Å². The van der Waals surface area contributed by atoms with Crippen LogP contribution in [0.1, 0.15) is 36.8 Å². The molecule has 0 bridgehead atoms. The molecule has 0 spiro atoms. The first-order chi connectivity index (χ1) is 28.2. The molecule has 17 heteroatoms. The van der Waals surface area contributed by atoms with Crippen molar-refractivity contribution in [3.8, 4) is 22.3 Å². The minimum absolute atomic E-state index is 0.0218. The largest absolute Gasteiger partial charge is 0.370 e. The fourth-order valence-electron chi connectivity index (χ4n) is 6.18. The molecule has 0 saturated heterocycles. The number of carbonyl (C=O) groups excluding carboxylic acids is 4. The average Bonchev–Trinajstić information content (AvgIpc) is 3.20. The van der Waals surface area contributed by atoms with Crippen molar-refractivity contribution in [2.75, 3.05) is 13.1 Å². The van der Waals surface area contributed by atoms with Gasteiger partial charge >= 0.3 is 0 Å². The van der Waals surface area contributed by atoms with E-state index in [1.54, 1.807) is 24.3 Å². The van der Waals surface area contributed by atoms with Crippen molar-refractivity contribution in [3.05, 3.63) is 118 Å². The zero-order valence-electron chi connectivity index (χ0n) is 32.4. The molecule has 4 aromatic carbocycles. The fraction of sp³-hybridized carbons (Fsp3) is 0.286. The third-order valence-electron chi connectivity index (χ3n) is 9.39. The Balaban J connectivity index is 1.52. The van der Waals surface area contributed by atoms with Crippen LogP contribution in [0.5, 0.6) is 0 Å². The molecule has 15 N–H and O–H groups in total. The normalized spacial score (nSPS) is 12.9. The van der Waals surface area contributed by atoms with Crippen LogP contribution in [0.3, 0.4) is 0 Å². The van der Waals surface area contributed by atoms with Gasteiger partial charge in [0.05, 0.1) is 6.04 Å². The molecular weight excluding hydrogens is 793 g/mol. The highest BCUT2D eigenvalue weighted by atomic mass is 35.5. The second kappa shape index (κ2) is 22.7. The molecular formula is C42H51Cl2N11O4. The first kappa shape index (κ1) is 45.5. The molecule has 0 aliphatic rings. The molecule has 0 aliphatic carbocycles. The Kier molecular flexibility index (Phi) is 17.5. The van der Waals surface area contributed by atoms with Gasteiger partial charge in [0, 0.05) is 29.6 Å². The lowest BCUT2D eigenvalue weighted by Crippen LogP contribution is -2.58. The third-order valence-corrected chi connectivity index (χ3v) is 9.90. The standard InChI is InChI=1S/C42H51Cl2N11O4/c43-31-17-13-29(14-18-31)27-9-5-25(6-10-27)23-33(45)38(57)54-35(4-2-22-52-42(49)50)39(58)55-36(40(59)53-34(37(46)56)3-1-21-51-41(47)48)24-26-7-11-28(12-8-26)30-15-19-32(44)20-16-30/h5-20,33-36H,1-4,21-24,45H2,(H2,46,56)(H,53,59)(H,54,57)(H,55,58)(H4,47,48,51)(H4,49,50,52)/t33-,34-,35-,36-/m1/s1. The Morgan fingerprint density at radius 2 is 0.864 bits per heavy atom. The summed E-state index contributed by atoms with van der Waals surface area (Å²) in [6.45, 7) is 0.509. The first-order valence-corrected chi connectivity index (χ1v) is 19.8. The number of carbonyl (C=O) groups is 4. The maximum atomic E-state index is 14.1. The van der Waals surface area contributed by atoms with E-state index in [1.807, 2.05) is 72.8 Å². The topological polar surface area (TPSA) is 280 Å². The quantitative estimate of drug-likeness (QED) is 0.0334. The summed E-state index contributed by atoms with van der Waals surface area (Å²) < 4.78 is 0. The highest BCUT2D eigenvalue weighted by Gasteiger charge is 2.30. The molecule has 0 saturated carbocycles. The zero-order chi connectivity index (χ0) is 42.9. The van der Waals surface area contributed by atoms with Gasteiger partial charge < -0.3 is 49.5 Å². The number of hydrogen-bond acceptors (Lipinski definition) is 7. The van der Waals surface area contributed by atoms with Crippen molar-refractivity contribution >= 4 is 58.7 Å². The van der Waals surface area contributed by atoms with Crippen molar-refractivity contribution in [3.63, 3.8) is 0 Å². The minimum atomic E-state index is -1.20. The smallest absolute Gasteiger partial charge is 0.243 e. The van der Waals surface area contributed by atoms with Gasteiger partial charge in [-0.25, -0.2) is 0 Å². The highest BCUT2D eigenvalue weighted by Crippen LogP contribution is 2.24. The van der Waals surface area contributed by atoms with Crippen molar-refractivity contribution in [1.82, 2.24) is 26.6 Å². The number of benzene rings is 4. The van der Waals surface area contributed by atoms with E-state index in [1.165, 1.54) is 0 Å². The number of rotatable bonds is 21. The van der Waals surface area contributed by atoms with E-state index < -0.39 is 47.8 Å². The van der Waals surface area contributed by atoms with Crippen molar-refractivity contribution in [2.24, 2.45) is 22.9 Å². The molecule has 4 atom stereocenters. The molecule has 4 amide bonds. The Morgan fingerprint density at radius 1 is 0.508 bits per heavy atom. The number of guanidine groups is 2. The summed E-state index contributed by atoms with van der Waals surface area (Å²) in [5.74, 6) is -3.20. The van der Waals surface area contributed by atoms with Crippen LogP contribution in [0.15, 0.2) is 97.1 Å². The summed E-state index contributed by atoms with van der Waals surface area (Å²) in [5, 5.41) is 29.6. The SMILES string of the molecule is N=C(N)NCCC[C@@H](NC(=O)[C@@H](Cc1ccc(-c2ccc(Cl)cc2)cc1)NC(=O)[C@@H](CCCNC(=N)N)NC(=O)[C@H](N)Cc1ccc(-c2ccc(Cl)cc2)cc1)C(N)=O. The predicted molar refractivity (Wildman–Crippen MR) is 232 cm³/mol. The average molecular weight is 845 g/mol. The number of nitrogens with one attached hydrogen (secondary N) is 7. The number of halogens is 2. The van der Waals surface area contributed by atoms with Crippen LogP contribution in [0.25, 0.3) is 22.3 Å². The molecule has 15 nitrogen and oxygen atoms in total. The van der Waals surface area contributed by atoms with Gasteiger partial charge in [-0.15, -0.1) is 0 Å². The van der Waals surface area contributed by atoms with E-state index >= 15 is 0 Å². The minimum Gasteiger partial charge on any atom is -0.370 e. The summed E-state index contributed by atoms with van der Waals surface area (Å²) in [6.07, 6.45) is 1.12. The van der Waals surface area contributed by atoms with Gasteiger partial charge in [-0.2, -0.15) is 0 Å². The first-order valence-electron chi connectivity index (χ1n) is 19.0. The summed E-state index contributed by atoms with van der Waals surface area (Å²) in [7, 11) is 0. The van der Waals surface area contributed by atoms with Crippen LogP contribution < -0.4 is 49.5 Å². The third kappa shape index (κ3) is 15.3. The molecule has 4 aromatic rings. The van der Waals surface area contributed by atoms with Gasteiger partial charge in [0.2, 0.25) is 23.6 Å². The molecule has 59 heavy (non-hydrogen) atoms. The molecule has 0 aliphatic heterocycles. The molecule has 0 unspecified atom stereocenters. The maximum absolute atomic E-state index is 14.1. The van der Waals surface area contributed by atoms with E-state index in [4.69, 9.17) is 57.0 Å². The van der Waals surface area contributed by atoms with Crippen molar-refractivity contribution < 1.29 is 19.2 Å². The zero-order valence-corrected chi connectivity index (χ0v) is 33.9. The van der Waals surface area contributed by atoms with Crippen LogP contribution in [-0.2, 0) is 32.0 Å². The number of primary amides is 1. The van der Waals surface area contributed by atoms with Gasteiger partial charge in [0.25, 0.3) is 0 Å². The van der Waals surface area contributed by atoms with Gasteiger partial charge in [-0.05, 0) is 89.8 Å². The Labute approximate surface area is 353 Å². The molecule has 0 aromatic heterocycles. The Morgan fingerprint density at radius 3 is 1.29 bits per heavy atom. The van der Waals surface area contributed by atoms with Crippen LogP contribution >= 0.6 is 23.2 Å². The van der Waals surface area contributed by atoms with Crippen LogP contribution in [0, 0.1) is 10.8 Å². The van der Waals surface area contributed by atoms with E-state index in [0.717, 1.165) is 27.8 Å². The molecule has 312 valence electrons. The molecule has 4 rings (SSSR count).